The highest BCUT2D eigenvalue weighted by Crippen LogP contribution is 2.43. The molecule has 27 heavy (non-hydrogen) atoms. The van der Waals surface area contributed by atoms with E-state index in [1.54, 1.807) is 38.1 Å². The number of benzene rings is 1. The number of aliphatic hydroxyl groups is 1. The molecule has 1 aromatic heterocycles. The minimum atomic E-state index is -0.923. The van der Waals surface area contributed by atoms with Crippen molar-refractivity contribution in [2.75, 3.05) is 0 Å². The van der Waals surface area contributed by atoms with Gasteiger partial charge in [-0.25, -0.2) is 4.79 Å². The van der Waals surface area contributed by atoms with E-state index in [-0.39, 0.29) is 28.7 Å². The Hall–Kier alpha value is -2.77. The van der Waals surface area contributed by atoms with Gasteiger partial charge < -0.3 is 24.7 Å². The maximum absolute atomic E-state index is 12.7. The van der Waals surface area contributed by atoms with E-state index in [0.717, 1.165) is 6.07 Å². The average Bonchev–Trinajstić information content (AvgIpc) is 2.61. The Kier molecular flexibility index (Phi) is 5.25. The van der Waals surface area contributed by atoms with Crippen molar-refractivity contribution in [2.24, 2.45) is 5.73 Å². The van der Waals surface area contributed by atoms with E-state index in [1.165, 1.54) is 0 Å². The number of carbonyl (C=O) groups excluding carboxylic acids is 1. The minimum Gasteiger partial charge on any atom is -0.459 e. The Bertz CT molecular complexity index is 978. The Balaban J connectivity index is 2.28. The number of aliphatic hydroxyl groups excluding tert-OH is 1. The highest BCUT2D eigenvalue weighted by atomic mass is 35.5. The zero-order chi connectivity index (χ0) is 19.7. The van der Waals surface area contributed by atoms with Crippen molar-refractivity contribution in [3.05, 3.63) is 74.1 Å². The maximum Gasteiger partial charge on any atom is 0.340 e. The zero-order valence-electron chi connectivity index (χ0n) is 14.7. The van der Waals surface area contributed by atoms with Crippen molar-refractivity contribution >= 4 is 17.6 Å². The molecule has 0 aliphatic carbocycles. The van der Waals surface area contributed by atoms with Crippen molar-refractivity contribution in [3.8, 4) is 5.75 Å². The summed E-state index contributed by atoms with van der Waals surface area (Å²) in [6.45, 7) is 2.89. The van der Waals surface area contributed by atoms with Crippen LogP contribution >= 0.6 is 11.6 Å². The SMILES string of the molecule is CC(C)OC(=O)C1=C(N)Oc2c(oc(CO)cc2=O)C1c1ccccc1Cl. The molecule has 3 N–H and O–H groups in total. The quantitative estimate of drug-likeness (QED) is 0.769. The lowest BCUT2D eigenvalue weighted by Crippen LogP contribution is -2.31. The third-order valence-corrected chi connectivity index (χ3v) is 4.29. The summed E-state index contributed by atoms with van der Waals surface area (Å²) in [5.41, 5.74) is 5.90. The first-order chi connectivity index (χ1) is 12.8. The van der Waals surface area contributed by atoms with E-state index in [2.05, 4.69) is 0 Å². The summed E-state index contributed by atoms with van der Waals surface area (Å²) in [5, 5.41) is 9.74. The molecule has 2 aromatic rings. The topological polar surface area (TPSA) is 112 Å². The van der Waals surface area contributed by atoms with E-state index in [9.17, 15) is 14.7 Å². The van der Waals surface area contributed by atoms with Crippen LogP contribution in [0.4, 0.5) is 0 Å². The summed E-state index contributed by atoms with van der Waals surface area (Å²) in [6, 6.07) is 7.88. The van der Waals surface area contributed by atoms with Gasteiger partial charge in [0.1, 0.15) is 17.9 Å². The van der Waals surface area contributed by atoms with Gasteiger partial charge in [-0.05, 0) is 25.5 Å². The lowest BCUT2D eigenvalue weighted by Gasteiger charge is -2.27. The van der Waals surface area contributed by atoms with Crippen LogP contribution in [0.15, 0.2) is 51.0 Å². The summed E-state index contributed by atoms with van der Waals surface area (Å²) in [7, 11) is 0. The highest BCUT2D eigenvalue weighted by Gasteiger charge is 2.40. The number of ether oxygens (including phenoxy) is 2. The first-order valence-electron chi connectivity index (χ1n) is 8.24. The number of hydrogen-bond acceptors (Lipinski definition) is 7. The molecular weight excluding hydrogens is 374 g/mol. The number of halogens is 1. The molecule has 0 spiro atoms. The third kappa shape index (κ3) is 3.56. The molecule has 1 atom stereocenters. The number of nitrogens with two attached hydrogens (primary N) is 1. The fourth-order valence-corrected chi connectivity index (χ4v) is 3.10. The smallest absolute Gasteiger partial charge is 0.340 e. The van der Waals surface area contributed by atoms with Crippen molar-refractivity contribution < 1.29 is 23.8 Å². The molecule has 1 aliphatic heterocycles. The van der Waals surface area contributed by atoms with Crippen LogP contribution in [-0.2, 0) is 16.1 Å². The summed E-state index contributed by atoms with van der Waals surface area (Å²) in [4.78, 5) is 25.1. The lowest BCUT2D eigenvalue weighted by atomic mass is 9.86. The molecule has 7 nitrogen and oxygen atoms in total. The molecule has 8 heteroatoms. The molecule has 3 rings (SSSR count). The number of hydrogen-bond donors (Lipinski definition) is 2. The number of esters is 1. The first-order valence-corrected chi connectivity index (χ1v) is 8.62. The van der Waals surface area contributed by atoms with Crippen molar-refractivity contribution in [1.29, 1.82) is 0 Å². The van der Waals surface area contributed by atoms with Gasteiger partial charge in [-0.2, -0.15) is 0 Å². The summed E-state index contributed by atoms with van der Waals surface area (Å²) in [6.07, 6.45) is -0.401. The molecule has 0 amide bonds. The van der Waals surface area contributed by atoms with Gasteiger partial charge in [0.25, 0.3) is 0 Å². The Morgan fingerprint density at radius 2 is 2.07 bits per heavy atom. The molecule has 0 radical (unpaired) electrons. The monoisotopic (exact) mass is 391 g/mol. The molecule has 0 fully saturated rings. The van der Waals surface area contributed by atoms with Crippen LogP contribution in [0.2, 0.25) is 5.02 Å². The molecule has 1 aromatic carbocycles. The normalized spacial score (nSPS) is 16.1. The molecule has 0 saturated carbocycles. The summed E-state index contributed by atoms with van der Waals surface area (Å²) >= 11 is 6.34. The van der Waals surface area contributed by atoms with Crippen molar-refractivity contribution in [2.45, 2.75) is 32.5 Å². The molecule has 2 heterocycles. The van der Waals surface area contributed by atoms with E-state index < -0.39 is 30.0 Å². The number of carbonyl (C=O) groups is 1. The average molecular weight is 392 g/mol. The summed E-state index contributed by atoms with van der Waals surface area (Å²) < 4.78 is 16.3. The van der Waals surface area contributed by atoms with Gasteiger partial charge in [-0.1, -0.05) is 29.8 Å². The van der Waals surface area contributed by atoms with E-state index in [0.29, 0.717) is 10.6 Å². The highest BCUT2D eigenvalue weighted by molar-refractivity contribution is 6.31. The van der Waals surface area contributed by atoms with Gasteiger partial charge in [0, 0.05) is 11.1 Å². The molecule has 1 unspecified atom stereocenters. The third-order valence-electron chi connectivity index (χ3n) is 3.94. The van der Waals surface area contributed by atoms with E-state index >= 15 is 0 Å². The largest absolute Gasteiger partial charge is 0.459 e. The molecular formula is C19H18ClNO6. The van der Waals surface area contributed by atoms with Crippen LogP contribution < -0.4 is 15.9 Å². The lowest BCUT2D eigenvalue weighted by molar-refractivity contribution is -0.143. The maximum atomic E-state index is 12.7. The van der Waals surface area contributed by atoms with E-state index in [1.807, 2.05) is 0 Å². The molecule has 142 valence electrons. The molecule has 0 saturated heterocycles. The minimum absolute atomic E-state index is 0.0245. The predicted molar refractivity (Wildman–Crippen MR) is 97.3 cm³/mol. The molecule has 0 bridgehead atoms. The Morgan fingerprint density at radius 3 is 2.70 bits per heavy atom. The van der Waals surface area contributed by atoms with Crippen LogP contribution in [0.3, 0.4) is 0 Å². The standard InChI is InChI=1S/C19H18ClNO6/c1-9(2)25-19(24)15-14(11-5-3-4-6-12(11)20)17-16(27-18(15)21)13(23)7-10(8-22)26-17/h3-7,9,14,22H,8,21H2,1-2H3. The second kappa shape index (κ2) is 7.46. The van der Waals surface area contributed by atoms with Crippen LogP contribution in [0.25, 0.3) is 0 Å². The van der Waals surface area contributed by atoms with Gasteiger partial charge in [0.2, 0.25) is 17.1 Å². The van der Waals surface area contributed by atoms with Crippen LogP contribution in [0.5, 0.6) is 5.75 Å². The second-order valence-corrected chi connectivity index (χ2v) is 6.62. The Labute approximate surface area is 160 Å². The van der Waals surface area contributed by atoms with E-state index in [4.69, 9.17) is 31.2 Å². The van der Waals surface area contributed by atoms with Gasteiger partial charge >= 0.3 is 5.97 Å². The fourth-order valence-electron chi connectivity index (χ4n) is 2.86. The fraction of sp³-hybridized carbons (Fsp3) is 0.263. The number of fused-ring (bicyclic) bond motifs is 1. The van der Waals surface area contributed by atoms with Gasteiger partial charge in [0.05, 0.1) is 12.0 Å². The van der Waals surface area contributed by atoms with Crippen molar-refractivity contribution in [1.82, 2.24) is 0 Å². The second-order valence-electron chi connectivity index (χ2n) is 6.22. The van der Waals surface area contributed by atoms with Gasteiger partial charge in [-0.3, -0.25) is 4.79 Å². The molecule has 1 aliphatic rings. The van der Waals surface area contributed by atoms with Crippen LogP contribution in [0.1, 0.15) is 36.8 Å². The Morgan fingerprint density at radius 1 is 1.37 bits per heavy atom. The van der Waals surface area contributed by atoms with Gasteiger partial charge in [-0.15, -0.1) is 0 Å². The van der Waals surface area contributed by atoms with Crippen molar-refractivity contribution in [3.63, 3.8) is 0 Å². The first kappa shape index (κ1) is 19.0. The van der Waals surface area contributed by atoms with Crippen LogP contribution in [0, 0.1) is 0 Å². The zero-order valence-corrected chi connectivity index (χ0v) is 15.4. The number of rotatable bonds is 4. The van der Waals surface area contributed by atoms with Crippen LogP contribution in [-0.4, -0.2) is 17.2 Å². The van der Waals surface area contributed by atoms with Gasteiger partial charge in [0.15, 0.2) is 5.76 Å². The summed E-state index contributed by atoms with van der Waals surface area (Å²) in [5.74, 6) is -2.00. The predicted octanol–water partition coefficient (Wildman–Crippen LogP) is 2.43.